The molecule has 0 aliphatic carbocycles. The van der Waals surface area contributed by atoms with Crippen LogP contribution >= 0.6 is 11.8 Å². The second-order valence-corrected chi connectivity index (χ2v) is 7.47. The summed E-state index contributed by atoms with van der Waals surface area (Å²) in [6.07, 6.45) is 3.67. The normalized spacial score (nSPS) is 13.0. The summed E-state index contributed by atoms with van der Waals surface area (Å²) in [5.74, 6) is 0.688. The first kappa shape index (κ1) is 23.6. The smallest absolute Gasteiger partial charge is 0.389 e. The molecule has 0 amide bonds. The Morgan fingerprint density at radius 3 is 2.25 bits per heavy atom. The third kappa shape index (κ3) is 15.2. The average Bonchev–Trinajstić information content (AvgIpc) is 2.51. The van der Waals surface area contributed by atoms with E-state index in [2.05, 4.69) is 13.8 Å². The van der Waals surface area contributed by atoms with Gasteiger partial charge in [-0.15, -0.1) is 11.8 Å². The second kappa shape index (κ2) is 14.9. The van der Waals surface area contributed by atoms with Crippen molar-refractivity contribution < 1.29 is 22.7 Å². The van der Waals surface area contributed by atoms with E-state index >= 15 is 0 Å². The summed E-state index contributed by atoms with van der Waals surface area (Å²) < 4.78 is 41.5. The molecule has 0 fully saturated rings. The van der Waals surface area contributed by atoms with Gasteiger partial charge in [-0.05, 0) is 31.4 Å². The Morgan fingerprint density at radius 1 is 0.958 bits per heavy atom. The van der Waals surface area contributed by atoms with Gasteiger partial charge in [-0.3, -0.25) is 4.79 Å². The van der Waals surface area contributed by atoms with Gasteiger partial charge < -0.3 is 4.74 Å². The van der Waals surface area contributed by atoms with Crippen molar-refractivity contribution in [3.8, 4) is 0 Å². The highest BCUT2D eigenvalue weighted by molar-refractivity contribution is 8.00. The largest absolute Gasteiger partial charge is 0.465 e. The van der Waals surface area contributed by atoms with Crippen molar-refractivity contribution in [2.45, 2.75) is 95.9 Å². The average molecular weight is 371 g/mol. The molecule has 1 unspecified atom stereocenters. The van der Waals surface area contributed by atoms with Gasteiger partial charge in [0, 0.05) is 6.42 Å². The molecule has 0 aromatic heterocycles. The van der Waals surface area contributed by atoms with Gasteiger partial charge in [0.1, 0.15) is 5.25 Å². The lowest BCUT2D eigenvalue weighted by Gasteiger charge is -2.15. The summed E-state index contributed by atoms with van der Waals surface area (Å²) in [4.78, 5) is 12.1. The standard InChI is InChI=1S/C18H33F3O2S/c1-3-5-9-12-16(17(22)23-14-6-4-2)24-15-11-8-7-10-13-18(19,20)21/h16H,3-15H2,1-2H3. The lowest BCUT2D eigenvalue weighted by molar-refractivity contribution is -0.143. The third-order valence-corrected chi connectivity index (χ3v) is 5.10. The molecule has 0 N–H and O–H groups in total. The Hall–Kier alpha value is -0.390. The maximum atomic E-state index is 12.1. The van der Waals surface area contributed by atoms with E-state index < -0.39 is 12.6 Å². The summed E-state index contributed by atoms with van der Waals surface area (Å²) >= 11 is 1.60. The number of unbranched alkanes of at least 4 members (excludes halogenated alkanes) is 6. The molecule has 0 heterocycles. The highest BCUT2D eigenvalue weighted by Gasteiger charge is 2.25. The summed E-state index contributed by atoms with van der Waals surface area (Å²) in [6, 6.07) is 0. The van der Waals surface area contributed by atoms with Crippen molar-refractivity contribution in [1.29, 1.82) is 0 Å². The van der Waals surface area contributed by atoms with Crippen molar-refractivity contribution in [1.82, 2.24) is 0 Å². The van der Waals surface area contributed by atoms with Crippen molar-refractivity contribution in [3.05, 3.63) is 0 Å². The Kier molecular flexibility index (Phi) is 14.7. The molecule has 0 aromatic carbocycles. The minimum atomic E-state index is -4.04. The number of alkyl halides is 3. The van der Waals surface area contributed by atoms with Crippen LogP contribution in [0.25, 0.3) is 0 Å². The van der Waals surface area contributed by atoms with Crippen LogP contribution in [0.1, 0.15) is 84.5 Å². The molecule has 0 aliphatic rings. The van der Waals surface area contributed by atoms with Gasteiger partial charge in [0.25, 0.3) is 0 Å². The van der Waals surface area contributed by atoms with Crippen LogP contribution < -0.4 is 0 Å². The molecule has 0 rings (SSSR count). The predicted molar refractivity (Wildman–Crippen MR) is 95.4 cm³/mol. The topological polar surface area (TPSA) is 26.3 Å². The van der Waals surface area contributed by atoms with Crippen LogP contribution in [0.4, 0.5) is 13.2 Å². The van der Waals surface area contributed by atoms with E-state index in [1.807, 2.05) is 0 Å². The van der Waals surface area contributed by atoms with E-state index in [-0.39, 0.29) is 17.6 Å². The van der Waals surface area contributed by atoms with Crippen molar-refractivity contribution >= 4 is 17.7 Å². The molecule has 0 saturated carbocycles. The van der Waals surface area contributed by atoms with Gasteiger partial charge in [-0.1, -0.05) is 52.4 Å². The minimum absolute atomic E-state index is 0.122. The maximum absolute atomic E-state index is 12.1. The van der Waals surface area contributed by atoms with E-state index in [0.29, 0.717) is 13.0 Å². The molecule has 0 aliphatic heterocycles. The van der Waals surface area contributed by atoms with Crippen LogP contribution in [0.5, 0.6) is 0 Å². The van der Waals surface area contributed by atoms with Crippen molar-refractivity contribution in [2.24, 2.45) is 0 Å². The van der Waals surface area contributed by atoms with E-state index in [0.717, 1.165) is 57.1 Å². The number of halogens is 3. The van der Waals surface area contributed by atoms with Gasteiger partial charge in [0.05, 0.1) is 6.61 Å². The number of esters is 1. The molecule has 144 valence electrons. The van der Waals surface area contributed by atoms with Crippen LogP contribution in [0.2, 0.25) is 0 Å². The molecule has 24 heavy (non-hydrogen) atoms. The lowest BCUT2D eigenvalue weighted by atomic mass is 10.1. The fourth-order valence-corrected chi connectivity index (χ4v) is 3.46. The maximum Gasteiger partial charge on any atom is 0.389 e. The Morgan fingerprint density at radius 2 is 1.62 bits per heavy atom. The number of rotatable bonds is 15. The fraction of sp³-hybridized carbons (Fsp3) is 0.944. The van der Waals surface area contributed by atoms with Crippen LogP contribution in [-0.4, -0.2) is 29.8 Å². The highest BCUT2D eigenvalue weighted by Crippen LogP contribution is 2.24. The fourth-order valence-electron chi connectivity index (χ4n) is 2.27. The zero-order valence-electron chi connectivity index (χ0n) is 15.1. The summed E-state index contributed by atoms with van der Waals surface area (Å²) in [7, 11) is 0. The Bertz CT molecular complexity index is 309. The molecular weight excluding hydrogens is 337 g/mol. The summed E-state index contributed by atoms with van der Waals surface area (Å²) in [5.41, 5.74) is 0. The molecule has 0 radical (unpaired) electrons. The lowest BCUT2D eigenvalue weighted by Crippen LogP contribution is -2.21. The summed E-state index contributed by atoms with van der Waals surface area (Å²) in [5, 5.41) is -0.122. The van der Waals surface area contributed by atoms with E-state index in [4.69, 9.17) is 4.74 Å². The number of ether oxygens (including phenoxy) is 1. The van der Waals surface area contributed by atoms with Crippen molar-refractivity contribution in [3.63, 3.8) is 0 Å². The van der Waals surface area contributed by atoms with Crippen LogP contribution in [0, 0.1) is 0 Å². The molecular formula is C18H33F3O2S. The van der Waals surface area contributed by atoms with E-state index in [1.165, 1.54) is 0 Å². The number of carbonyl (C=O) groups is 1. The van der Waals surface area contributed by atoms with Gasteiger partial charge in [-0.2, -0.15) is 13.2 Å². The molecule has 1 atom stereocenters. The quantitative estimate of drug-likeness (QED) is 0.242. The van der Waals surface area contributed by atoms with Gasteiger partial charge >= 0.3 is 12.1 Å². The molecule has 0 spiro atoms. The zero-order chi connectivity index (χ0) is 18.3. The Balaban J connectivity index is 3.92. The molecule has 0 bridgehead atoms. The summed E-state index contributed by atoms with van der Waals surface area (Å²) in [6.45, 7) is 4.67. The number of hydrogen-bond donors (Lipinski definition) is 0. The highest BCUT2D eigenvalue weighted by atomic mass is 32.2. The van der Waals surface area contributed by atoms with Gasteiger partial charge in [0.15, 0.2) is 0 Å². The molecule has 0 saturated heterocycles. The first-order valence-electron chi connectivity index (χ1n) is 9.25. The van der Waals surface area contributed by atoms with Gasteiger partial charge in [-0.25, -0.2) is 0 Å². The molecule has 6 heteroatoms. The first-order chi connectivity index (χ1) is 11.4. The van der Waals surface area contributed by atoms with E-state index in [9.17, 15) is 18.0 Å². The monoisotopic (exact) mass is 370 g/mol. The van der Waals surface area contributed by atoms with Crippen LogP contribution in [-0.2, 0) is 9.53 Å². The molecule has 2 nitrogen and oxygen atoms in total. The van der Waals surface area contributed by atoms with Crippen LogP contribution in [0.15, 0.2) is 0 Å². The number of carbonyl (C=O) groups excluding carboxylic acids is 1. The SMILES string of the molecule is CCCCCC(SCCCCCCC(F)(F)F)C(=O)OCCCC. The van der Waals surface area contributed by atoms with Crippen LogP contribution in [0.3, 0.4) is 0 Å². The number of hydrogen-bond acceptors (Lipinski definition) is 3. The second-order valence-electron chi connectivity index (χ2n) is 6.16. The predicted octanol–water partition coefficient (Wildman–Crippen LogP) is 6.52. The first-order valence-corrected chi connectivity index (χ1v) is 10.3. The van der Waals surface area contributed by atoms with Crippen molar-refractivity contribution in [2.75, 3.05) is 12.4 Å². The van der Waals surface area contributed by atoms with Gasteiger partial charge in [0.2, 0.25) is 0 Å². The minimum Gasteiger partial charge on any atom is -0.465 e. The third-order valence-electron chi connectivity index (χ3n) is 3.75. The number of thioether (sulfide) groups is 1. The van der Waals surface area contributed by atoms with E-state index in [1.54, 1.807) is 11.8 Å². The zero-order valence-corrected chi connectivity index (χ0v) is 15.9. The molecule has 0 aromatic rings. The Labute approximate surface area is 149 Å².